The van der Waals surface area contributed by atoms with E-state index >= 15 is 0 Å². The average Bonchev–Trinajstić information content (AvgIpc) is 2.69. The fraction of sp³-hybridized carbons (Fsp3) is 0.167. The van der Waals surface area contributed by atoms with E-state index < -0.39 is 0 Å². The van der Waals surface area contributed by atoms with E-state index in [1.807, 2.05) is 24.4 Å². The zero-order chi connectivity index (χ0) is 12.4. The van der Waals surface area contributed by atoms with Crippen LogP contribution < -0.4 is 5.32 Å². The van der Waals surface area contributed by atoms with Gasteiger partial charge in [-0.2, -0.15) is 0 Å². The maximum Gasteiger partial charge on any atom is 0.147 e. The molecule has 17 heavy (non-hydrogen) atoms. The van der Waals surface area contributed by atoms with Crippen molar-refractivity contribution in [3.05, 3.63) is 49.3 Å². The molecule has 1 atom stereocenters. The van der Waals surface area contributed by atoms with E-state index in [9.17, 15) is 4.39 Å². The van der Waals surface area contributed by atoms with Crippen molar-refractivity contribution in [1.82, 2.24) is 0 Å². The molecule has 1 heterocycles. The highest BCUT2D eigenvalue weighted by molar-refractivity contribution is 9.10. The van der Waals surface area contributed by atoms with Gasteiger partial charge in [-0.05, 0) is 47.1 Å². The molecular formula is C12H10Br2FNS. The van der Waals surface area contributed by atoms with Gasteiger partial charge in [-0.15, -0.1) is 11.3 Å². The predicted octanol–water partition coefficient (Wildman–Crippen LogP) is 5.59. The Kier molecular flexibility index (Phi) is 4.22. The summed E-state index contributed by atoms with van der Waals surface area (Å²) in [4.78, 5) is 1.17. The van der Waals surface area contributed by atoms with Gasteiger partial charge in [0.15, 0.2) is 0 Å². The van der Waals surface area contributed by atoms with Crippen molar-refractivity contribution >= 4 is 48.9 Å². The van der Waals surface area contributed by atoms with Crippen LogP contribution in [0.2, 0.25) is 0 Å². The maximum absolute atomic E-state index is 13.6. The summed E-state index contributed by atoms with van der Waals surface area (Å²) in [6, 6.07) is 7.14. The van der Waals surface area contributed by atoms with Crippen molar-refractivity contribution in [1.29, 1.82) is 0 Å². The average molecular weight is 379 g/mol. The van der Waals surface area contributed by atoms with Gasteiger partial charge in [-0.25, -0.2) is 4.39 Å². The summed E-state index contributed by atoms with van der Waals surface area (Å²) in [6.45, 7) is 2.01. The maximum atomic E-state index is 13.6. The molecule has 2 aromatic rings. The minimum absolute atomic E-state index is 0.0852. The minimum atomic E-state index is -0.248. The molecule has 0 radical (unpaired) electrons. The van der Waals surface area contributed by atoms with Crippen LogP contribution in [-0.2, 0) is 0 Å². The van der Waals surface area contributed by atoms with Crippen LogP contribution in [-0.4, -0.2) is 0 Å². The summed E-state index contributed by atoms with van der Waals surface area (Å²) in [6.07, 6.45) is 0. The second kappa shape index (κ2) is 5.50. The Labute approximate surface area is 120 Å². The highest BCUT2D eigenvalue weighted by Gasteiger charge is 2.10. The Hall–Kier alpha value is -0.390. The normalized spacial score (nSPS) is 12.5. The van der Waals surface area contributed by atoms with Crippen molar-refractivity contribution < 1.29 is 4.39 Å². The molecule has 0 bridgehead atoms. The number of thiophene rings is 1. The lowest BCUT2D eigenvalue weighted by atomic mass is 10.2. The standard InChI is InChI=1S/C12H10Br2FNS/c1-7(12-5-9(14)6-17-12)16-11-3-2-8(13)4-10(11)15/h2-7,16H,1H3. The SMILES string of the molecule is CC(Nc1ccc(Br)cc1F)c1cc(Br)cs1. The van der Waals surface area contributed by atoms with E-state index in [1.165, 1.54) is 10.9 Å². The summed E-state index contributed by atoms with van der Waals surface area (Å²) in [5.74, 6) is -0.248. The lowest BCUT2D eigenvalue weighted by Crippen LogP contribution is -2.06. The molecule has 0 saturated heterocycles. The molecule has 90 valence electrons. The second-order valence-corrected chi connectivity index (χ2v) is 6.43. The van der Waals surface area contributed by atoms with Gasteiger partial charge in [-0.3, -0.25) is 0 Å². The second-order valence-electron chi connectivity index (χ2n) is 3.66. The summed E-state index contributed by atoms with van der Waals surface area (Å²) in [7, 11) is 0. The highest BCUT2D eigenvalue weighted by Crippen LogP contribution is 2.29. The Morgan fingerprint density at radius 2 is 2.00 bits per heavy atom. The van der Waals surface area contributed by atoms with Crippen molar-refractivity contribution in [2.45, 2.75) is 13.0 Å². The number of rotatable bonds is 3. The van der Waals surface area contributed by atoms with Crippen LogP contribution in [0.4, 0.5) is 10.1 Å². The van der Waals surface area contributed by atoms with E-state index in [-0.39, 0.29) is 11.9 Å². The molecule has 0 saturated carbocycles. The Bertz CT molecular complexity index is 527. The molecule has 0 aliphatic heterocycles. The molecule has 1 aromatic carbocycles. The first kappa shape index (κ1) is 13.1. The van der Waals surface area contributed by atoms with E-state index in [0.29, 0.717) is 5.69 Å². The van der Waals surface area contributed by atoms with Gasteiger partial charge in [0.05, 0.1) is 11.7 Å². The third kappa shape index (κ3) is 3.30. The van der Waals surface area contributed by atoms with Crippen molar-refractivity contribution in [2.24, 2.45) is 0 Å². The first-order valence-corrected chi connectivity index (χ1v) is 7.48. The third-order valence-electron chi connectivity index (χ3n) is 2.32. The first-order valence-electron chi connectivity index (χ1n) is 5.02. The Morgan fingerprint density at radius 3 is 2.59 bits per heavy atom. The number of anilines is 1. The molecule has 1 nitrogen and oxygen atoms in total. The number of benzene rings is 1. The van der Waals surface area contributed by atoms with Crippen molar-refractivity contribution in [3.8, 4) is 0 Å². The fourth-order valence-electron chi connectivity index (χ4n) is 1.47. The van der Waals surface area contributed by atoms with Crippen LogP contribution in [0.3, 0.4) is 0 Å². The first-order chi connectivity index (χ1) is 8.06. The van der Waals surface area contributed by atoms with Gasteiger partial charge in [0.1, 0.15) is 5.82 Å². The van der Waals surface area contributed by atoms with Crippen LogP contribution in [0.15, 0.2) is 38.6 Å². The van der Waals surface area contributed by atoms with E-state index in [4.69, 9.17) is 0 Å². The summed E-state index contributed by atoms with van der Waals surface area (Å²) in [5.41, 5.74) is 0.519. The molecule has 5 heteroatoms. The van der Waals surface area contributed by atoms with Gasteiger partial charge in [0.25, 0.3) is 0 Å². The van der Waals surface area contributed by atoms with Gasteiger partial charge in [0.2, 0.25) is 0 Å². The molecule has 0 aliphatic rings. The zero-order valence-electron chi connectivity index (χ0n) is 9.01. The number of nitrogens with one attached hydrogen (secondary N) is 1. The molecule has 1 aromatic heterocycles. The lowest BCUT2D eigenvalue weighted by Gasteiger charge is -2.14. The van der Waals surface area contributed by atoms with Crippen LogP contribution in [0.5, 0.6) is 0 Å². The van der Waals surface area contributed by atoms with E-state index in [0.717, 1.165) is 8.95 Å². The predicted molar refractivity (Wildman–Crippen MR) is 78.2 cm³/mol. The molecule has 0 amide bonds. The molecular weight excluding hydrogens is 369 g/mol. The third-order valence-corrected chi connectivity index (χ3v) is 4.69. The van der Waals surface area contributed by atoms with Gasteiger partial charge >= 0.3 is 0 Å². The number of hydrogen-bond donors (Lipinski definition) is 1. The van der Waals surface area contributed by atoms with Crippen LogP contribution in [0.25, 0.3) is 0 Å². The van der Waals surface area contributed by atoms with Crippen LogP contribution in [0, 0.1) is 5.82 Å². The number of hydrogen-bond acceptors (Lipinski definition) is 2. The minimum Gasteiger partial charge on any atom is -0.375 e. The quantitative estimate of drug-likeness (QED) is 0.734. The lowest BCUT2D eigenvalue weighted by molar-refractivity contribution is 0.627. The summed E-state index contributed by atoms with van der Waals surface area (Å²) < 4.78 is 15.4. The van der Waals surface area contributed by atoms with Crippen molar-refractivity contribution in [3.63, 3.8) is 0 Å². The summed E-state index contributed by atoms with van der Waals surface area (Å²) >= 11 is 8.30. The largest absolute Gasteiger partial charge is 0.375 e. The zero-order valence-corrected chi connectivity index (χ0v) is 13.0. The molecule has 0 fully saturated rings. The monoisotopic (exact) mass is 377 g/mol. The highest BCUT2D eigenvalue weighted by atomic mass is 79.9. The Balaban J connectivity index is 2.15. The van der Waals surface area contributed by atoms with E-state index in [2.05, 4.69) is 37.2 Å². The van der Waals surface area contributed by atoms with Gasteiger partial charge in [-0.1, -0.05) is 15.9 Å². The molecule has 0 spiro atoms. The molecule has 1 unspecified atom stereocenters. The van der Waals surface area contributed by atoms with Crippen molar-refractivity contribution in [2.75, 3.05) is 5.32 Å². The van der Waals surface area contributed by atoms with Gasteiger partial charge < -0.3 is 5.32 Å². The van der Waals surface area contributed by atoms with E-state index in [1.54, 1.807) is 17.4 Å². The Morgan fingerprint density at radius 1 is 1.24 bits per heavy atom. The van der Waals surface area contributed by atoms with Crippen LogP contribution >= 0.6 is 43.2 Å². The summed E-state index contributed by atoms with van der Waals surface area (Å²) in [5, 5.41) is 5.18. The molecule has 2 rings (SSSR count). The fourth-order valence-corrected chi connectivity index (χ4v) is 3.25. The van der Waals surface area contributed by atoms with Crippen LogP contribution in [0.1, 0.15) is 17.8 Å². The number of halogens is 3. The smallest absolute Gasteiger partial charge is 0.147 e. The molecule has 0 aliphatic carbocycles. The van der Waals surface area contributed by atoms with Gasteiger partial charge in [0, 0.05) is 19.2 Å². The topological polar surface area (TPSA) is 12.0 Å². The molecule has 1 N–H and O–H groups in total.